The third-order valence-electron chi connectivity index (χ3n) is 3.78. The van der Waals surface area contributed by atoms with Crippen molar-refractivity contribution in [2.45, 2.75) is 58.3 Å². The van der Waals surface area contributed by atoms with E-state index < -0.39 is 25.6 Å². The van der Waals surface area contributed by atoms with Crippen molar-refractivity contribution in [1.29, 1.82) is 0 Å². The molecular formula is C22H36F6N2O2S. The van der Waals surface area contributed by atoms with Crippen molar-refractivity contribution in [1.82, 2.24) is 4.72 Å². The summed E-state index contributed by atoms with van der Waals surface area (Å²) >= 11 is 0.871. The molecule has 0 aromatic rings. The van der Waals surface area contributed by atoms with E-state index in [1.165, 1.54) is 51.3 Å². The predicted molar refractivity (Wildman–Crippen MR) is 123 cm³/mol. The first kappa shape index (κ1) is 33.6. The van der Waals surface area contributed by atoms with Gasteiger partial charge < -0.3 is 15.2 Å². The lowest BCUT2D eigenvalue weighted by atomic mass is 9.90. The first-order chi connectivity index (χ1) is 15.4. The molecule has 0 aliphatic heterocycles. The van der Waals surface area contributed by atoms with Crippen LogP contribution >= 0.6 is 11.9 Å². The van der Waals surface area contributed by atoms with E-state index in [1.807, 2.05) is 6.92 Å². The Morgan fingerprint density at radius 3 is 1.97 bits per heavy atom. The zero-order chi connectivity index (χ0) is 25.8. The normalized spacial score (nSPS) is 15.8. The van der Waals surface area contributed by atoms with E-state index in [1.54, 1.807) is 13.0 Å². The van der Waals surface area contributed by atoms with Crippen molar-refractivity contribution in [3.63, 3.8) is 0 Å². The largest absolute Gasteiger partial charge is 0.492 e. The molecule has 0 amide bonds. The zero-order valence-electron chi connectivity index (χ0n) is 19.4. The molecule has 1 rings (SSSR count). The van der Waals surface area contributed by atoms with Crippen molar-refractivity contribution < 1.29 is 35.8 Å². The van der Waals surface area contributed by atoms with Gasteiger partial charge in [0.25, 0.3) is 0 Å². The highest BCUT2D eigenvalue weighted by molar-refractivity contribution is 8.01. The van der Waals surface area contributed by atoms with Gasteiger partial charge in [-0.15, -0.1) is 6.58 Å². The minimum absolute atomic E-state index is 0.132. The number of hydrogen-bond donors (Lipinski definition) is 2. The average Bonchev–Trinajstić information content (AvgIpc) is 2.74. The highest BCUT2D eigenvalue weighted by atomic mass is 32.2. The Morgan fingerprint density at radius 1 is 1.03 bits per heavy atom. The highest BCUT2D eigenvalue weighted by Gasteiger charge is 2.29. The Hall–Kier alpha value is -1.59. The van der Waals surface area contributed by atoms with Gasteiger partial charge in [0.1, 0.15) is 5.76 Å². The second-order valence-electron chi connectivity index (χ2n) is 6.82. The molecule has 1 aliphatic rings. The summed E-state index contributed by atoms with van der Waals surface area (Å²) in [5.74, 6) is 0.717. The summed E-state index contributed by atoms with van der Waals surface area (Å²) in [6.07, 6.45) is 4.30. The lowest BCUT2D eigenvalue weighted by molar-refractivity contribution is -0.164. The maximum Gasteiger partial charge on any atom is 0.422 e. The van der Waals surface area contributed by atoms with E-state index >= 15 is 0 Å². The molecule has 1 aliphatic carbocycles. The molecule has 194 valence electrons. The Morgan fingerprint density at radius 2 is 1.58 bits per heavy atom. The van der Waals surface area contributed by atoms with Crippen LogP contribution in [0.1, 0.15) is 46.0 Å². The monoisotopic (exact) mass is 506 g/mol. The fourth-order valence-electron chi connectivity index (χ4n) is 2.46. The van der Waals surface area contributed by atoms with Gasteiger partial charge in [-0.3, -0.25) is 4.72 Å². The number of halogens is 6. The molecule has 0 radical (unpaired) electrons. The van der Waals surface area contributed by atoms with Gasteiger partial charge in [-0.1, -0.05) is 31.4 Å². The number of nitrogens with one attached hydrogen (secondary N) is 1. The Kier molecular flexibility index (Phi) is 20.2. The van der Waals surface area contributed by atoms with Crippen LogP contribution < -0.4 is 10.5 Å². The molecule has 4 nitrogen and oxygen atoms in total. The minimum Gasteiger partial charge on any atom is -0.492 e. The third-order valence-corrected chi connectivity index (χ3v) is 4.55. The Balaban J connectivity index is 0. The van der Waals surface area contributed by atoms with Crippen LogP contribution in [0.25, 0.3) is 0 Å². The van der Waals surface area contributed by atoms with E-state index in [9.17, 15) is 26.3 Å². The topological polar surface area (TPSA) is 56.5 Å². The fourth-order valence-corrected chi connectivity index (χ4v) is 3.04. The van der Waals surface area contributed by atoms with Gasteiger partial charge >= 0.3 is 12.4 Å². The summed E-state index contributed by atoms with van der Waals surface area (Å²) in [5.41, 5.74) is 5.50. The molecule has 0 saturated heterocycles. The molecular weight excluding hydrogens is 470 g/mol. The smallest absolute Gasteiger partial charge is 0.422 e. The number of nitrogens with two attached hydrogens (primary N) is 1. The van der Waals surface area contributed by atoms with Gasteiger partial charge in [0.15, 0.2) is 13.2 Å². The Bertz CT molecular complexity index is 584. The predicted octanol–water partition coefficient (Wildman–Crippen LogP) is 7.03. The summed E-state index contributed by atoms with van der Waals surface area (Å²) < 4.78 is 83.8. The number of allylic oxidation sites excluding steroid dienone is 4. The standard InChI is InChI=1S/C12H15F6NO2S.C7H15N.C3H6/c1-3-4-9(21-8-12(16,17)18)10(22-19-2)5-6-20-7-11(13,14)15;8-6-7-4-2-1-3-5-7;1-3-2/h3-6,19H,7-8H2,1-2H3;7H,1-6,8H2;3H,1H2,2H3/b4-3-,6-5+,10-9-;;. The average molecular weight is 507 g/mol. The zero-order valence-corrected chi connectivity index (χ0v) is 20.2. The summed E-state index contributed by atoms with van der Waals surface area (Å²) in [6.45, 7) is 4.71. The Labute approximate surface area is 197 Å². The van der Waals surface area contributed by atoms with E-state index in [4.69, 9.17) is 5.73 Å². The van der Waals surface area contributed by atoms with E-state index in [0.717, 1.165) is 36.7 Å². The molecule has 0 aromatic heterocycles. The van der Waals surface area contributed by atoms with Crippen LogP contribution in [0.2, 0.25) is 0 Å². The van der Waals surface area contributed by atoms with Crippen molar-refractivity contribution in [2.24, 2.45) is 11.7 Å². The SMILES string of the molecule is C=CC.C\C=C/C(OCC(F)(F)F)=C(\C=C\OCC(F)(F)F)SNC.NCC1CCCCC1. The van der Waals surface area contributed by atoms with Gasteiger partial charge in [0.2, 0.25) is 0 Å². The maximum absolute atomic E-state index is 12.2. The van der Waals surface area contributed by atoms with Gasteiger partial charge in [-0.2, -0.15) is 26.3 Å². The lowest BCUT2D eigenvalue weighted by Crippen LogP contribution is -2.17. The number of rotatable bonds is 9. The number of alkyl halides is 6. The van der Waals surface area contributed by atoms with Crippen LogP contribution in [0.4, 0.5) is 26.3 Å². The van der Waals surface area contributed by atoms with Crippen molar-refractivity contribution in [2.75, 3.05) is 26.8 Å². The van der Waals surface area contributed by atoms with Crippen LogP contribution in [0.5, 0.6) is 0 Å². The number of hydrogen-bond acceptors (Lipinski definition) is 5. The van der Waals surface area contributed by atoms with E-state index in [0.29, 0.717) is 0 Å². The summed E-state index contributed by atoms with van der Waals surface area (Å²) in [5, 5.41) is 0. The van der Waals surface area contributed by atoms with Crippen LogP contribution in [-0.4, -0.2) is 39.2 Å². The van der Waals surface area contributed by atoms with Crippen LogP contribution in [-0.2, 0) is 9.47 Å². The first-order valence-corrected chi connectivity index (χ1v) is 11.3. The molecule has 0 bridgehead atoms. The summed E-state index contributed by atoms with van der Waals surface area (Å²) in [7, 11) is 1.49. The molecule has 33 heavy (non-hydrogen) atoms. The van der Waals surface area contributed by atoms with Crippen molar-refractivity contribution >= 4 is 11.9 Å². The van der Waals surface area contributed by atoms with E-state index in [2.05, 4.69) is 20.8 Å². The molecule has 0 spiro atoms. The third kappa shape index (κ3) is 23.4. The highest BCUT2D eigenvalue weighted by Crippen LogP contribution is 2.24. The summed E-state index contributed by atoms with van der Waals surface area (Å²) in [4.78, 5) is 0.132. The maximum atomic E-state index is 12.2. The van der Waals surface area contributed by atoms with Gasteiger partial charge in [0, 0.05) is 0 Å². The molecule has 1 fully saturated rings. The summed E-state index contributed by atoms with van der Waals surface area (Å²) in [6, 6.07) is 0. The van der Waals surface area contributed by atoms with Crippen molar-refractivity contribution in [3.05, 3.63) is 47.8 Å². The van der Waals surface area contributed by atoms with Gasteiger partial charge in [0.05, 0.1) is 11.2 Å². The molecule has 0 unspecified atom stereocenters. The minimum atomic E-state index is -4.53. The molecule has 0 aromatic carbocycles. The quantitative estimate of drug-likeness (QED) is 0.116. The lowest BCUT2D eigenvalue weighted by Gasteiger charge is -2.18. The van der Waals surface area contributed by atoms with Crippen molar-refractivity contribution in [3.8, 4) is 0 Å². The molecule has 3 N–H and O–H groups in total. The first-order valence-electron chi connectivity index (χ1n) is 10.5. The second kappa shape index (κ2) is 19.8. The fraction of sp³-hybridized carbons (Fsp3) is 0.636. The van der Waals surface area contributed by atoms with Crippen LogP contribution in [0.15, 0.2) is 47.8 Å². The van der Waals surface area contributed by atoms with Gasteiger partial charge in [-0.25, -0.2) is 0 Å². The molecule has 1 saturated carbocycles. The van der Waals surface area contributed by atoms with E-state index in [-0.39, 0.29) is 10.7 Å². The molecule has 0 atom stereocenters. The van der Waals surface area contributed by atoms with Crippen LogP contribution in [0.3, 0.4) is 0 Å². The molecule has 0 heterocycles. The number of ether oxygens (including phenoxy) is 2. The second-order valence-corrected chi connectivity index (χ2v) is 7.87. The molecule has 11 heteroatoms. The van der Waals surface area contributed by atoms with Crippen LogP contribution in [0, 0.1) is 5.92 Å². The van der Waals surface area contributed by atoms with Gasteiger partial charge in [-0.05, 0) is 70.3 Å².